The number of carbonyl (C=O) groups is 2. The third-order valence-corrected chi connectivity index (χ3v) is 4.88. The third kappa shape index (κ3) is 3.56. The lowest BCUT2D eigenvalue weighted by Gasteiger charge is -2.19. The smallest absolute Gasteiger partial charge is 0.292 e. The van der Waals surface area contributed by atoms with E-state index in [1.165, 1.54) is 0 Å². The summed E-state index contributed by atoms with van der Waals surface area (Å²) in [4.78, 5) is 32.2. The number of rotatable bonds is 3. The fraction of sp³-hybridized carbons (Fsp3) is 0.286. The second kappa shape index (κ2) is 7.61. The molecule has 6 heteroatoms. The van der Waals surface area contributed by atoms with Crippen LogP contribution in [0.4, 0.5) is 5.69 Å². The number of fused-ring (bicyclic) bond motifs is 1. The molecule has 2 aromatic heterocycles. The standard InChI is InChI=1S/C21H22N4O2/c26-20(22-16-10-4-3-5-11-16)19-23-18(17-12-6-9-15-25(17)19)21(27)24-13-7-1-2-8-14-24/h3-6,9-12,15H,1-2,7-8,13-14H2,(H,22,26). The average Bonchev–Trinajstić information content (AvgIpc) is 2.88. The largest absolute Gasteiger partial charge is 0.337 e. The van der Waals surface area contributed by atoms with E-state index in [9.17, 15) is 9.59 Å². The van der Waals surface area contributed by atoms with Gasteiger partial charge >= 0.3 is 0 Å². The number of nitrogens with zero attached hydrogens (tertiary/aromatic N) is 3. The first-order valence-corrected chi connectivity index (χ1v) is 9.37. The van der Waals surface area contributed by atoms with Gasteiger partial charge in [0.15, 0.2) is 5.69 Å². The number of likely N-dealkylation sites (tertiary alicyclic amines) is 1. The number of nitrogens with one attached hydrogen (secondary N) is 1. The van der Waals surface area contributed by atoms with Crippen LogP contribution >= 0.6 is 0 Å². The van der Waals surface area contributed by atoms with Crippen molar-refractivity contribution < 1.29 is 9.59 Å². The lowest BCUT2D eigenvalue weighted by atomic mass is 10.2. The molecule has 1 saturated heterocycles. The molecule has 0 radical (unpaired) electrons. The monoisotopic (exact) mass is 362 g/mol. The number of benzene rings is 1. The van der Waals surface area contributed by atoms with Gasteiger partial charge in [-0.2, -0.15) is 0 Å². The van der Waals surface area contributed by atoms with Crippen LogP contribution in [0.15, 0.2) is 54.7 Å². The topological polar surface area (TPSA) is 66.7 Å². The molecule has 0 unspecified atom stereocenters. The molecule has 1 aliphatic rings. The zero-order valence-electron chi connectivity index (χ0n) is 15.1. The van der Waals surface area contributed by atoms with E-state index in [0.29, 0.717) is 16.9 Å². The predicted molar refractivity (Wildman–Crippen MR) is 104 cm³/mol. The van der Waals surface area contributed by atoms with Gasteiger partial charge in [-0.15, -0.1) is 0 Å². The molecular formula is C21H22N4O2. The van der Waals surface area contributed by atoms with Crippen molar-refractivity contribution in [2.24, 2.45) is 0 Å². The van der Waals surface area contributed by atoms with Gasteiger partial charge in [0.05, 0.1) is 5.52 Å². The molecule has 3 heterocycles. The number of para-hydroxylation sites is 1. The first kappa shape index (κ1) is 17.3. The highest BCUT2D eigenvalue weighted by molar-refractivity contribution is 6.06. The van der Waals surface area contributed by atoms with Crippen molar-refractivity contribution in [2.45, 2.75) is 25.7 Å². The van der Waals surface area contributed by atoms with E-state index in [0.717, 1.165) is 38.8 Å². The van der Waals surface area contributed by atoms with Gasteiger partial charge in [0.1, 0.15) is 0 Å². The molecule has 0 saturated carbocycles. The van der Waals surface area contributed by atoms with E-state index in [4.69, 9.17) is 0 Å². The maximum absolute atomic E-state index is 13.1. The second-order valence-corrected chi connectivity index (χ2v) is 6.77. The maximum atomic E-state index is 13.1. The summed E-state index contributed by atoms with van der Waals surface area (Å²) in [5.74, 6) is -0.218. The van der Waals surface area contributed by atoms with Crippen LogP contribution < -0.4 is 5.32 Å². The van der Waals surface area contributed by atoms with Crippen molar-refractivity contribution in [1.82, 2.24) is 14.3 Å². The maximum Gasteiger partial charge on any atom is 0.292 e. The summed E-state index contributed by atoms with van der Waals surface area (Å²) in [6, 6.07) is 14.7. The van der Waals surface area contributed by atoms with Crippen molar-refractivity contribution in [3.63, 3.8) is 0 Å². The zero-order chi connectivity index (χ0) is 18.6. The molecule has 138 valence electrons. The van der Waals surface area contributed by atoms with E-state index in [1.807, 2.05) is 53.4 Å². The van der Waals surface area contributed by atoms with Gasteiger partial charge in [0, 0.05) is 25.0 Å². The summed E-state index contributed by atoms with van der Waals surface area (Å²) in [5, 5.41) is 2.84. The number of imidazole rings is 1. The molecule has 0 aliphatic carbocycles. The quantitative estimate of drug-likeness (QED) is 0.774. The minimum atomic E-state index is -0.336. The van der Waals surface area contributed by atoms with E-state index in [2.05, 4.69) is 10.3 Å². The van der Waals surface area contributed by atoms with Gasteiger partial charge in [-0.1, -0.05) is 37.1 Å². The molecule has 6 nitrogen and oxygen atoms in total. The highest BCUT2D eigenvalue weighted by Crippen LogP contribution is 2.19. The Kier molecular flexibility index (Phi) is 4.87. The molecule has 1 aromatic carbocycles. The Morgan fingerprint density at radius 2 is 1.59 bits per heavy atom. The van der Waals surface area contributed by atoms with Gasteiger partial charge in [-0.25, -0.2) is 4.98 Å². The van der Waals surface area contributed by atoms with Crippen molar-refractivity contribution in [1.29, 1.82) is 0 Å². The van der Waals surface area contributed by atoms with Crippen LogP contribution in [0.5, 0.6) is 0 Å². The number of anilines is 1. The Hall–Kier alpha value is -3.15. The van der Waals surface area contributed by atoms with Crippen LogP contribution in [0, 0.1) is 0 Å². The van der Waals surface area contributed by atoms with Gasteiger partial charge in [-0.05, 0) is 37.1 Å². The Morgan fingerprint density at radius 3 is 2.33 bits per heavy atom. The molecule has 0 atom stereocenters. The van der Waals surface area contributed by atoms with E-state index in [1.54, 1.807) is 10.6 Å². The van der Waals surface area contributed by atoms with Crippen LogP contribution in [-0.2, 0) is 0 Å². The minimum absolute atomic E-state index is 0.0978. The molecule has 4 rings (SSSR count). The first-order valence-electron chi connectivity index (χ1n) is 9.37. The Labute approximate surface area is 157 Å². The normalized spacial score (nSPS) is 14.7. The Balaban J connectivity index is 1.68. The van der Waals surface area contributed by atoms with Gasteiger partial charge in [0.25, 0.3) is 11.8 Å². The van der Waals surface area contributed by atoms with Crippen LogP contribution in [0.2, 0.25) is 0 Å². The Bertz CT molecular complexity index is 957. The van der Waals surface area contributed by atoms with Crippen LogP contribution in [0.25, 0.3) is 5.52 Å². The number of amides is 2. The fourth-order valence-electron chi connectivity index (χ4n) is 3.49. The SMILES string of the molecule is O=C(Nc1ccccc1)c1nc(C(=O)N2CCCCCC2)c2ccccn12. The highest BCUT2D eigenvalue weighted by Gasteiger charge is 2.25. The van der Waals surface area contributed by atoms with E-state index >= 15 is 0 Å². The number of pyridine rings is 1. The number of carbonyl (C=O) groups excluding carboxylic acids is 2. The van der Waals surface area contributed by atoms with Gasteiger partial charge in [0.2, 0.25) is 5.82 Å². The first-order chi connectivity index (χ1) is 13.2. The summed E-state index contributed by atoms with van der Waals surface area (Å²) in [7, 11) is 0. The lowest BCUT2D eigenvalue weighted by molar-refractivity contribution is 0.0758. The van der Waals surface area contributed by atoms with Crippen molar-refractivity contribution >= 4 is 23.0 Å². The van der Waals surface area contributed by atoms with Crippen molar-refractivity contribution in [3.8, 4) is 0 Å². The summed E-state index contributed by atoms with van der Waals surface area (Å²) < 4.78 is 1.68. The van der Waals surface area contributed by atoms with E-state index < -0.39 is 0 Å². The van der Waals surface area contributed by atoms with Crippen molar-refractivity contribution in [2.75, 3.05) is 18.4 Å². The molecule has 27 heavy (non-hydrogen) atoms. The molecule has 2 amide bonds. The fourth-order valence-corrected chi connectivity index (χ4v) is 3.49. The number of hydrogen-bond acceptors (Lipinski definition) is 3. The lowest BCUT2D eigenvalue weighted by Crippen LogP contribution is -2.32. The van der Waals surface area contributed by atoms with E-state index in [-0.39, 0.29) is 17.6 Å². The second-order valence-electron chi connectivity index (χ2n) is 6.77. The summed E-state index contributed by atoms with van der Waals surface area (Å²) in [6.45, 7) is 1.49. The molecule has 0 spiro atoms. The van der Waals surface area contributed by atoms with Gasteiger partial charge in [-0.3, -0.25) is 14.0 Å². The number of aromatic nitrogens is 2. The molecule has 1 fully saturated rings. The highest BCUT2D eigenvalue weighted by atomic mass is 16.2. The summed E-state index contributed by atoms with van der Waals surface area (Å²) in [6.07, 6.45) is 6.09. The molecule has 3 aromatic rings. The average molecular weight is 362 g/mol. The summed E-state index contributed by atoms with van der Waals surface area (Å²) >= 11 is 0. The Morgan fingerprint density at radius 1 is 0.889 bits per heavy atom. The minimum Gasteiger partial charge on any atom is -0.337 e. The predicted octanol–water partition coefficient (Wildman–Crippen LogP) is 3.60. The molecule has 0 bridgehead atoms. The van der Waals surface area contributed by atoms with Crippen LogP contribution in [0.3, 0.4) is 0 Å². The van der Waals surface area contributed by atoms with Gasteiger partial charge < -0.3 is 10.2 Å². The molecule has 1 N–H and O–H groups in total. The summed E-state index contributed by atoms with van der Waals surface area (Å²) in [5.41, 5.74) is 1.69. The zero-order valence-corrected chi connectivity index (χ0v) is 15.1. The third-order valence-electron chi connectivity index (χ3n) is 4.88. The molecular weight excluding hydrogens is 340 g/mol. The van der Waals surface area contributed by atoms with Crippen LogP contribution in [-0.4, -0.2) is 39.2 Å². The molecule has 1 aliphatic heterocycles. The van der Waals surface area contributed by atoms with Crippen molar-refractivity contribution in [3.05, 3.63) is 66.2 Å². The van der Waals surface area contributed by atoms with Crippen LogP contribution in [0.1, 0.15) is 46.8 Å². The number of hydrogen-bond donors (Lipinski definition) is 1.